The van der Waals surface area contributed by atoms with Gasteiger partial charge in [-0.3, -0.25) is 0 Å². The SMILES string of the molecule is Nc1ccc(S(=O)(=O)NC2CCCc3sccc32)cc1Cl. The fourth-order valence-electron chi connectivity index (χ4n) is 2.54. The van der Waals surface area contributed by atoms with Crippen molar-refractivity contribution in [3.05, 3.63) is 45.1 Å². The van der Waals surface area contributed by atoms with Crippen LogP contribution in [0.1, 0.15) is 29.3 Å². The molecule has 3 rings (SSSR count). The molecule has 1 heterocycles. The number of anilines is 1. The summed E-state index contributed by atoms with van der Waals surface area (Å²) in [6.45, 7) is 0. The molecule has 2 aromatic rings. The van der Waals surface area contributed by atoms with E-state index in [1.807, 2.05) is 11.4 Å². The second kappa shape index (κ2) is 5.61. The number of nitrogen functional groups attached to an aromatic ring is 1. The molecule has 0 radical (unpaired) electrons. The number of benzene rings is 1. The van der Waals surface area contributed by atoms with Crippen LogP contribution >= 0.6 is 22.9 Å². The van der Waals surface area contributed by atoms with Gasteiger partial charge in [0.15, 0.2) is 0 Å². The minimum atomic E-state index is -3.61. The molecule has 21 heavy (non-hydrogen) atoms. The van der Waals surface area contributed by atoms with E-state index in [2.05, 4.69) is 4.72 Å². The van der Waals surface area contributed by atoms with Crippen LogP contribution in [0, 0.1) is 0 Å². The Morgan fingerprint density at radius 3 is 2.90 bits per heavy atom. The van der Waals surface area contributed by atoms with Crippen molar-refractivity contribution < 1.29 is 8.42 Å². The average Bonchev–Trinajstić information content (AvgIpc) is 2.91. The van der Waals surface area contributed by atoms with Crippen molar-refractivity contribution in [2.75, 3.05) is 5.73 Å². The number of thiophene rings is 1. The molecule has 7 heteroatoms. The zero-order valence-corrected chi connectivity index (χ0v) is 13.6. The van der Waals surface area contributed by atoms with Gasteiger partial charge in [-0.1, -0.05) is 11.6 Å². The molecule has 1 aromatic carbocycles. The summed E-state index contributed by atoms with van der Waals surface area (Å²) in [6, 6.07) is 6.20. The van der Waals surface area contributed by atoms with E-state index in [0.717, 1.165) is 24.8 Å². The van der Waals surface area contributed by atoms with E-state index in [0.29, 0.717) is 5.69 Å². The lowest BCUT2D eigenvalue weighted by molar-refractivity contribution is 0.511. The summed E-state index contributed by atoms with van der Waals surface area (Å²) in [5, 5.41) is 2.26. The van der Waals surface area contributed by atoms with Gasteiger partial charge in [-0.2, -0.15) is 0 Å². The Balaban J connectivity index is 1.89. The van der Waals surface area contributed by atoms with Crippen LogP contribution in [0.4, 0.5) is 5.69 Å². The van der Waals surface area contributed by atoms with Crippen LogP contribution in [0.5, 0.6) is 0 Å². The summed E-state index contributed by atoms with van der Waals surface area (Å²) in [4.78, 5) is 1.41. The molecular weight excluding hydrogens is 328 g/mol. The predicted molar refractivity (Wildman–Crippen MR) is 86.2 cm³/mol. The van der Waals surface area contributed by atoms with Gasteiger partial charge in [0.2, 0.25) is 10.0 Å². The van der Waals surface area contributed by atoms with Crippen molar-refractivity contribution >= 4 is 38.6 Å². The van der Waals surface area contributed by atoms with Crippen molar-refractivity contribution in [2.24, 2.45) is 0 Å². The van der Waals surface area contributed by atoms with Crippen LogP contribution in [0.15, 0.2) is 34.5 Å². The van der Waals surface area contributed by atoms with Gasteiger partial charge in [-0.25, -0.2) is 13.1 Å². The van der Waals surface area contributed by atoms with Crippen LogP contribution in [0.2, 0.25) is 5.02 Å². The Bertz CT molecular complexity index is 771. The summed E-state index contributed by atoms with van der Waals surface area (Å²) >= 11 is 7.59. The average molecular weight is 343 g/mol. The number of sulfonamides is 1. The van der Waals surface area contributed by atoms with Gasteiger partial charge in [-0.05, 0) is 54.5 Å². The van der Waals surface area contributed by atoms with Crippen molar-refractivity contribution in [1.82, 2.24) is 4.72 Å². The molecule has 4 nitrogen and oxygen atoms in total. The summed E-state index contributed by atoms with van der Waals surface area (Å²) < 4.78 is 27.8. The molecule has 0 saturated carbocycles. The molecule has 0 aliphatic heterocycles. The maximum absolute atomic E-state index is 12.5. The van der Waals surface area contributed by atoms with E-state index in [9.17, 15) is 8.42 Å². The topological polar surface area (TPSA) is 72.2 Å². The molecule has 1 unspecified atom stereocenters. The predicted octanol–water partition coefficient (Wildman–Crippen LogP) is 3.34. The highest BCUT2D eigenvalue weighted by Crippen LogP contribution is 2.34. The number of nitrogens with one attached hydrogen (secondary N) is 1. The van der Waals surface area contributed by atoms with Gasteiger partial charge in [-0.15, -0.1) is 11.3 Å². The fraction of sp³-hybridized carbons (Fsp3) is 0.286. The van der Waals surface area contributed by atoms with E-state index in [4.69, 9.17) is 17.3 Å². The standard InChI is InChI=1S/C14H15ClN2O2S2/c15-11-8-9(4-5-12(11)16)21(18,19)17-13-2-1-3-14-10(13)6-7-20-14/h4-8,13,17H,1-3,16H2. The molecule has 0 saturated heterocycles. The van der Waals surface area contributed by atoms with Crippen molar-refractivity contribution in [3.8, 4) is 0 Å². The maximum Gasteiger partial charge on any atom is 0.241 e. The number of rotatable bonds is 3. The van der Waals surface area contributed by atoms with Gasteiger partial charge in [0.25, 0.3) is 0 Å². The molecule has 0 amide bonds. The number of nitrogens with two attached hydrogens (primary N) is 1. The molecule has 1 atom stereocenters. The Labute approximate surface area is 133 Å². The Morgan fingerprint density at radius 1 is 1.33 bits per heavy atom. The lowest BCUT2D eigenvalue weighted by atomic mass is 9.95. The van der Waals surface area contributed by atoms with E-state index >= 15 is 0 Å². The number of hydrogen-bond donors (Lipinski definition) is 2. The van der Waals surface area contributed by atoms with Crippen molar-refractivity contribution in [2.45, 2.75) is 30.2 Å². The quantitative estimate of drug-likeness (QED) is 0.840. The molecule has 1 aliphatic carbocycles. The van der Waals surface area contributed by atoms with Gasteiger partial charge >= 0.3 is 0 Å². The Hall–Kier alpha value is -1.08. The number of halogens is 1. The Morgan fingerprint density at radius 2 is 2.14 bits per heavy atom. The van der Waals surface area contributed by atoms with Gasteiger partial charge in [0.1, 0.15) is 0 Å². The van der Waals surface area contributed by atoms with Crippen LogP contribution in [-0.4, -0.2) is 8.42 Å². The van der Waals surface area contributed by atoms with Crippen molar-refractivity contribution in [1.29, 1.82) is 0 Å². The molecule has 1 aliphatic rings. The smallest absolute Gasteiger partial charge is 0.241 e. The minimum absolute atomic E-state index is 0.143. The highest BCUT2D eigenvalue weighted by molar-refractivity contribution is 7.89. The first kappa shape index (κ1) is 14.8. The molecule has 112 valence electrons. The number of fused-ring (bicyclic) bond motifs is 1. The van der Waals surface area contributed by atoms with Crippen molar-refractivity contribution in [3.63, 3.8) is 0 Å². The third-order valence-electron chi connectivity index (χ3n) is 3.63. The molecule has 0 spiro atoms. The highest BCUT2D eigenvalue weighted by Gasteiger charge is 2.26. The zero-order chi connectivity index (χ0) is 15.0. The molecule has 3 N–H and O–H groups in total. The summed E-state index contributed by atoms with van der Waals surface area (Å²) in [6.07, 6.45) is 2.83. The number of hydrogen-bond acceptors (Lipinski definition) is 4. The molecule has 0 fully saturated rings. The third-order valence-corrected chi connectivity index (χ3v) is 6.42. The second-order valence-electron chi connectivity index (χ2n) is 5.05. The first-order valence-electron chi connectivity index (χ1n) is 6.61. The van der Waals surface area contributed by atoms with E-state index in [1.165, 1.54) is 23.1 Å². The van der Waals surface area contributed by atoms with E-state index in [-0.39, 0.29) is 16.0 Å². The summed E-state index contributed by atoms with van der Waals surface area (Å²) in [5.74, 6) is 0. The normalized spacial score (nSPS) is 18.4. The Kier molecular flexibility index (Phi) is 3.96. The fourth-order valence-corrected chi connectivity index (χ4v) is 5.05. The van der Waals surface area contributed by atoms with E-state index in [1.54, 1.807) is 11.3 Å². The van der Waals surface area contributed by atoms with Crippen LogP contribution in [-0.2, 0) is 16.4 Å². The monoisotopic (exact) mass is 342 g/mol. The number of aryl methyl sites for hydroxylation is 1. The van der Waals surface area contributed by atoms with Crippen LogP contribution in [0.25, 0.3) is 0 Å². The van der Waals surface area contributed by atoms with E-state index < -0.39 is 10.0 Å². The van der Waals surface area contributed by atoms with Gasteiger partial charge < -0.3 is 5.73 Å². The lowest BCUT2D eigenvalue weighted by Crippen LogP contribution is -2.30. The second-order valence-corrected chi connectivity index (χ2v) is 8.17. The highest BCUT2D eigenvalue weighted by atomic mass is 35.5. The van der Waals surface area contributed by atoms with Crippen LogP contribution < -0.4 is 10.5 Å². The molecule has 1 aromatic heterocycles. The van der Waals surface area contributed by atoms with Crippen LogP contribution in [0.3, 0.4) is 0 Å². The first-order chi connectivity index (χ1) is 9.97. The maximum atomic E-state index is 12.5. The summed E-state index contributed by atoms with van der Waals surface area (Å²) in [7, 11) is -3.61. The molecular formula is C14H15ClN2O2S2. The first-order valence-corrected chi connectivity index (χ1v) is 9.35. The van der Waals surface area contributed by atoms with Gasteiger partial charge in [0.05, 0.1) is 15.6 Å². The lowest BCUT2D eigenvalue weighted by Gasteiger charge is -2.23. The third kappa shape index (κ3) is 2.94. The molecule has 0 bridgehead atoms. The summed E-state index contributed by atoms with van der Waals surface area (Å²) in [5.41, 5.74) is 7.08. The zero-order valence-electron chi connectivity index (χ0n) is 11.2. The van der Waals surface area contributed by atoms with Gasteiger partial charge in [0, 0.05) is 10.9 Å². The largest absolute Gasteiger partial charge is 0.398 e. The minimum Gasteiger partial charge on any atom is -0.398 e.